The van der Waals surface area contributed by atoms with Crippen molar-refractivity contribution in [3.05, 3.63) is 34.6 Å². The fourth-order valence-corrected chi connectivity index (χ4v) is 1.65. The minimum atomic E-state index is -0.406. The number of benzene rings is 1. The minimum Gasteiger partial charge on any atom is -0.372 e. The van der Waals surface area contributed by atoms with E-state index in [-0.39, 0.29) is 19.1 Å². The molecule has 0 fully saturated rings. The Balaban J connectivity index is 2.58. The lowest BCUT2D eigenvalue weighted by Crippen LogP contribution is -2.30. The first-order chi connectivity index (χ1) is 8.56. The highest BCUT2D eigenvalue weighted by Crippen LogP contribution is 2.20. The molecule has 0 unspecified atom stereocenters. The Hall–Kier alpha value is -1.13. The van der Waals surface area contributed by atoms with Gasteiger partial charge in [0.15, 0.2) is 0 Å². The predicted octanol–water partition coefficient (Wildman–Crippen LogP) is 2.86. The molecule has 5 heteroatoms. The second-order valence-electron chi connectivity index (χ2n) is 4.00. The van der Waals surface area contributed by atoms with Gasteiger partial charge in [0.05, 0.1) is 0 Å². The van der Waals surface area contributed by atoms with Gasteiger partial charge in [-0.3, -0.25) is 4.79 Å². The zero-order valence-corrected chi connectivity index (χ0v) is 11.3. The lowest BCUT2D eigenvalue weighted by Gasteiger charge is -2.18. The molecule has 0 aliphatic carbocycles. The van der Waals surface area contributed by atoms with Crippen LogP contribution in [0.3, 0.4) is 0 Å². The van der Waals surface area contributed by atoms with Crippen LogP contribution in [0.4, 0.5) is 4.39 Å². The van der Waals surface area contributed by atoms with Crippen molar-refractivity contribution in [2.24, 2.45) is 0 Å². The standard InChI is InChI=1S/C13H17ClFNO2/c1-3-7-18-9-13(17)16(2)8-10-11(14)5-4-6-12(10)15/h4-6H,3,7-9H2,1-2H3. The normalized spacial score (nSPS) is 10.4. The third-order valence-electron chi connectivity index (χ3n) is 2.46. The summed E-state index contributed by atoms with van der Waals surface area (Å²) >= 11 is 5.90. The molecule has 0 saturated heterocycles. The molecule has 0 aromatic heterocycles. The zero-order chi connectivity index (χ0) is 13.5. The van der Waals surface area contributed by atoms with Gasteiger partial charge in [-0.25, -0.2) is 4.39 Å². The molecule has 0 atom stereocenters. The quantitative estimate of drug-likeness (QED) is 0.746. The SMILES string of the molecule is CCCOCC(=O)N(C)Cc1c(F)cccc1Cl. The Labute approximate surface area is 111 Å². The van der Waals surface area contributed by atoms with Crippen molar-refractivity contribution in [2.45, 2.75) is 19.9 Å². The first kappa shape index (κ1) is 14.9. The summed E-state index contributed by atoms with van der Waals surface area (Å²) in [5.41, 5.74) is 0.325. The van der Waals surface area contributed by atoms with Crippen LogP contribution in [0.15, 0.2) is 18.2 Å². The summed E-state index contributed by atoms with van der Waals surface area (Å²) in [6.07, 6.45) is 0.857. The Morgan fingerprint density at radius 1 is 1.50 bits per heavy atom. The van der Waals surface area contributed by atoms with Crippen LogP contribution in [-0.2, 0) is 16.1 Å². The van der Waals surface area contributed by atoms with Crippen molar-refractivity contribution >= 4 is 17.5 Å². The van der Waals surface area contributed by atoms with Crippen LogP contribution in [-0.4, -0.2) is 31.1 Å². The van der Waals surface area contributed by atoms with Crippen LogP contribution in [0.25, 0.3) is 0 Å². The van der Waals surface area contributed by atoms with E-state index in [0.29, 0.717) is 17.2 Å². The van der Waals surface area contributed by atoms with E-state index in [0.717, 1.165) is 6.42 Å². The molecule has 0 radical (unpaired) electrons. The van der Waals surface area contributed by atoms with E-state index in [4.69, 9.17) is 16.3 Å². The van der Waals surface area contributed by atoms with E-state index in [9.17, 15) is 9.18 Å². The third-order valence-corrected chi connectivity index (χ3v) is 2.81. The number of halogens is 2. The Kier molecular flexibility index (Phi) is 6.09. The zero-order valence-electron chi connectivity index (χ0n) is 10.6. The number of rotatable bonds is 6. The average molecular weight is 274 g/mol. The van der Waals surface area contributed by atoms with Gasteiger partial charge in [-0.05, 0) is 18.6 Å². The maximum absolute atomic E-state index is 13.5. The smallest absolute Gasteiger partial charge is 0.248 e. The summed E-state index contributed by atoms with van der Waals surface area (Å²) < 4.78 is 18.7. The fourth-order valence-electron chi connectivity index (χ4n) is 1.42. The van der Waals surface area contributed by atoms with Gasteiger partial charge < -0.3 is 9.64 Å². The molecule has 0 aliphatic heterocycles. The number of nitrogens with zero attached hydrogens (tertiary/aromatic N) is 1. The van der Waals surface area contributed by atoms with E-state index in [1.807, 2.05) is 6.92 Å². The highest BCUT2D eigenvalue weighted by molar-refractivity contribution is 6.31. The van der Waals surface area contributed by atoms with E-state index in [1.54, 1.807) is 13.1 Å². The highest BCUT2D eigenvalue weighted by Gasteiger charge is 2.14. The largest absolute Gasteiger partial charge is 0.372 e. The molecule has 0 saturated carbocycles. The molecule has 1 rings (SSSR count). The van der Waals surface area contributed by atoms with E-state index >= 15 is 0 Å². The van der Waals surface area contributed by atoms with E-state index in [2.05, 4.69) is 0 Å². The Morgan fingerprint density at radius 2 is 2.22 bits per heavy atom. The number of hydrogen-bond acceptors (Lipinski definition) is 2. The van der Waals surface area contributed by atoms with Gasteiger partial charge in [-0.1, -0.05) is 24.6 Å². The molecule has 1 aromatic rings. The molecule has 0 heterocycles. The molecule has 3 nitrogen and oxygen atoms in total. The number of ether oxygens (including phenoxy) is 1. The lowest BCUT2D eigenvalue weighted by atomic mass is 10.2. The molecule has 0 aliphatic rings. The predicted molar refractivity (Wildman–Crippen MR) is 69.0 cm³/mol. The van der Waals surface area contributed by atoms with Crippen molar-refractivity contribution in [3.63, 3.8) is 0 Å². The summed E-state index contributed by atoms with van der Waals surface area (Å²) in [6.45, 7) is 2.66. The molecular formula is C13H17ClFNO2. The molecule has 1 amide bonds. The number of amides is 1. The van der Waals surface area contributed by atoms with Gasteiger partial charge in [0, 0.05) is 30.8 Å². The van der Waals surface area contributed by atoms with E-state index < -0.39 is 5.82 Å². The second kappa shape index (κ2) is 7.34. The molecule has 100 valence electrons. The number of likely N-dealkylation sites (N-methyl/N-ethyl adjacent to an activating group) is 1. The van der Waals surface area contributed by atoms with Crippen LogP contribution in [0.5, 0.6) is 0 Å². The summed E-state index contributed by atoms with van der Waals surface area (Å²) in [7, 11) is 1.60. The van der Waals surface area contributed by atoms with Crippen LogP contribution in [0.1, 0.15) is 18.9 Å². The number of carbonyl (C=O) groups excluding carboxylic acids is 1. The topological polar surface area (TPSA) is 29.5 Å². The van der Waals surface area contributed by atoms with Gasteiger partial charge in [0.25, 0.3) is 0 Å². The summed E-state index contributed by atoms with van der Waals surface area (Å²) in [5.74, 6) is -0.598. The molecule has 0 N–H and O–H groups in total. The molecule has 18 heavy (non-hydrogen) atoms. The van der Waals surface area contributed by atoms with Crippen molar-refractivity contribution in [1.29, 1.82) is 0 Å². The Bertz CT molecular complexity index is 392. The average Bonchev–Trinajstić information content (AvgIpc) is 2.34. The Morgan fingerprint density at radius 3 is 2.83 bits per heavy atom. The maximum atomic E-state index is 13.5. The monoisotopic (exact) mass is 273 g/mol. The van der Waals surface area contributed by atoms with Crippen molar-refractivity contribution in [2.75, 3.05) is 20.3 Å². The van der Waals surface area contributed by atoms with Crippen molar-refractivity contribution in [1.82, 2.24) is 4.90 Å². The van der Waals surface area contributed by atoms with Gasteiger partial charge in [-0.2, -0.15) is 0 Å². The van der Waals surface area contributed by atoms with E-state index in [1.165, 1.54) is 17.0 Å². The van der Waals surface area contributed by atoms with Crippen LogP contribution in [0, 0.1) is 5.82 Å². The third kappa shape index (κ3) is 4.27. The molecule has 0 spiro atoms. The first-order valence-electron chi connectivity index (χ1n) is 5.80. The summed E-state index contributed by atoms with van der Waals surface area (Å²) in [5, 5.41) is 0.323. The first-order valence-corrected chi connectivity index (χ1v) is 6.18. The van der Waals surface area contributed by atoms with Crippen LogP contribution < -0.4 is 0 Å². The fraction of sp³-hybridized carbons (Fsp3) is 0.462. The minimum absolute atomic E-state index is 0.0103. The maximum Gasteiger partial charge on any atom is 0.248 e. The lowest BCUT2D eigenvalue weighted by molar-refractivity contribution is -0.135. The highest BCUT2D eigenvalue weighted by atomic mass is 35.5. The van der Waals surface area contributed by atoms with Gasteiger partial charge in [0.1, 0.15) is 12.4 Å². The summed E-state index contributed by atoms with van der Waals surface area (Å²) in [4.78, 5) is 13.1. The molecular weight excluding hydrogens is 257 g/mol. The van der Waals surface area contributed by atoms with Gasteiger partial charge in [-0.15, -0.1) is 0 Å². The van der Waals surface area contributed by atoms with Crippen molar-refractivity contribution < 1.29 is 13.9 Å². The van der Waals surface area contributed by atoms with Crippen LogP contribution in [0.2, 0.25) is 5.02 Å². The van der Waals surface area contributed by atoms with Gasteiger partial charge >= 0.3 is 0 Å². The number of hydrogen-bond donors (Lipinski definition) is 0. The molecule has 1 aromatic carbocycles. The summed E-state index contributed by atoms with van der Waals surface area (Å²) in [6, 6.07) is 4.46. The second-order valence-corrected chi connectivity index (χ2v) is 4.41. The van der Waals surface area contributed by atoms with Gasteiger partial charge in [0.2, 0.25) is 5.91 Å². The number of carbonyl (C=O) groups is 1. The molecule has 0 bridgehead atoms. The van der Waals surface area contributed by atoms with Crippen LogP contribution >= 0.6 is 11.6 Å². The van der Waals surface area contributed by atoms with Crippen molar-refractivity contribution in [3.8, 4) is 0 Å².